The molecule has 102 valence electrons. The first-order valence-corrected chi connectivity index (χ1v) is 6.95. The highest BCUT2D eigenvalue weighted by atomic mass is 79.9. The van der Waals surface area contributed by atoms with Gasteiger partial charge in [0.05, 0.1) is 23.5 Å². The van der Waals surface area contributed by atoms with Gasteiger partial charge in [-0.05, 0) is 56.1 Å². The Morgan fingerprint density at radius 2 is 2.11 bits per heavy atom. The van der Waals surface area contributed by atoms with E-state index in [9.17, 15) is 0 Å². The van der Waals surface area contributed by atoms with E-state index >= 15 is 0 Å². The molecule has 4 nitrogen and oxygen atoms in total. The topological polar surface area (TPSA) is 60.4 Å². The van der Waals surface area contributed by atoms with Crippen molar-refractivity contribution in [2.24, 2.45) is 11.8 Å². The maximum atomic E-state index is 6.13. The van der Waals surface area contributed by atoms with Crippen LogP contribution in [0.4, 0.5) is 0 Å². The molecule has 0 aromatic carbocycles. The summed E-state index contributed by atoms with van der Waals surface area (Å²) in [4.78, 5) is 0. The zero-order chi connectivity index (χ0) is 13.6. The number of furan rings is 1. The van der Waals surface area contributed by atoms with Gasteiger partial charge in [-0.1, -0.05) is 0 Å². The summed E-state index contributed by atoms with van der Waals surface area (Å²) in [7, 11) is 0. The SMILES string of the molecule is CC1(C)CC(C(NN)c2ccoc2Br)C(C)(C)O1. The van der Waals surface area contributed by atoms with Crippen molar-refractivity contribution in [2.45, 2.75) is 51.4 Å². The van der Waals surface area contributed by atoms with E-state index in [4.69, 9.17) is 15.0 Å². The van der Waals surface area contributed by atoms with Crippen LogP contribution < -0.4 is 11.3 Å². The number of hydrogen-bond donors (Lipinski definition) is 2. The molecule has 0 saturated carbocycles. The van der Waals surface area contributed by atoms with Gasteiger partial charge in [0.25, 0.3) is 0 Å². The molecule has 0 radical (unpaired) electrons. The Balaban J connectivity index is 2.32. The molecule has 0 bridgehead atoms. The fourth-order valence-corrected chi connectivity index (χ4v) is 3.56. The Bertz CT molecular complexity index is 428. The average Bonchev–Trinajstić information content (AvgIpc) is 2.71. The molecule has 2 unspecified atom stereocenters. The van der Waals surface area contributed by atoms with Crippen LogP contribution >= 0.6 is 15.9 Å². The Labute approximate surface area is 116 Å². The molecule has 0 amide bonds. The summed E-state index contributed by atoms with van der Waals surface area (Å²) in [5, 5.41) is 0. The van der Waals surface area contributed by atoms with E-state index in [0.29, 0.717) is 0 Å². The second kappa shape index (κ2) is 4.63. The number of rotatable bonds is 3. The standard InChI is InChI=1S/C13H21BrN2O2/c1-12(2)7-9(13(3,4)18-12)10(16-15)8-5-6-17-11(8)14/h5-6,9-10,16H,7,15H2,1-4H3. The van der Waals surface area contributed by atoms with Gasteiger partial charge in [-0.2, -0.15) is 0 Å². The predicted octanol–water partition coefficient (Wildman–Crippen LogP) is 3.14. The normalized spacial score (nSPS) is 27.3. The van der Waals surface area contributed by atoms with Crippen LogP contribution in [-0.4, -0.2) is 11.2 Å². The molecule has 1 aliphatic heterocycles. The van der Waals surface area contributed by atoms with Gasteiger partial charge in [0.15, 0.2) is 4.67 Å². The van der Waals surface area contributed by atoms with Crippen molar-refractivity contribution in [1.29, 1.82) is 0 Å². The first-order chi connectivity index (χ1) is 8.27. The lowest BCUT2D eigenvalue weighted by Crippen LogP contribution is -2.41. The summed E-state index contributed by atoms with van der Waals surface area (Å²) in [6, 6.07) is 1.95. The molecule has 2 heterocycles. The lowest BCUT2D eigenvalue weighted by Gasteiger charge is -2.32. The van der Waals surface area contributed by atoms with E-state index in [2.05, 4.69) is 49.1 Å². The van der Waals surface area contributed by atoms with Crippen LogP contribution in [0, 0.1) is 5.92 Å². The Morgan fingerprint density at radius 3 is 2.50 bits per heavy atom. The van der Waals surface area contributed by atoms with Gasteiger partial charge in [0, 0.05) is 11.5 Å². The summed E-state index contributed by atoms with van der Waals surface area (Å²) >= 11 is 3.42. The highest BCUT2D eigenvalue weighted by molar-refractivity contribution is 9.10. The predicted molar refractivity (Wildman–Crippen MR) is 73.8 cm³/mol. The number of hydrogen-bond acceptors (Lipinski definition) is 4. The second-order valence-electron chi connectivity index (χ2n) is 6.07. The molecule has 3 N–H and O–H groups in total. The molecule has 1 saturated heterocycles. The maximum Gasteiger partial charge on any atom is 0.173 e. The zero-order valence-corrected chi connectivity index (χ0v) is 12.9. The van der Waals surface area contributed by atoms with Gasteiger partial charge < -0.3 is 9.15 Å². The van der Waals surface area contributed by atoms with Crippen LogP contribution in [-0.2, 0) is 4.74 Å². The van der Waals surface area contributed by atoms with E-state index < -0.39 is 0 Å². The van der Waals surface area contributed by atoms with Crippen LogP contribution in [0.25, 0.3) is 0 Å². The number of nitrogens with two attached hydrogens (primary N) is 1. The quantitative estimate of drug-likeness (QED) is 0.664. The van der Waals surface area contributed by atoms with Gasteiger partial charge >= 0.3 is 0 Å². The van der Waals surface area contributed by atoms with Gasteiger partial charge in [-0.25, -0.2) is 0 Å². The number of halogens is 1. The molecule has 2 atom stereocenters. The number of nitrogens with one attached hydrogen (secondary N) is 1. The van der Waals surface area contributed by atoms with Crippen molar-refractivity contribution in [3.63, 3.8) is 0 Å². The fraction of sp³-hybridized carbons (Fsp3) is 0.692. The van der Waals surface area contributed by atoms with Gasteiger partial charge in [0.1, 0.15) is 0 Å². The minimum Gasteiger partial charge on any atom is -0.457 e. The molecule has 1 fully saturated rings. The molecule has 0 aliphatic carbocycles. The summed E-state index contributed by atoms with van der Waals surface area (Å²) in [6.07, 6.45) is 2.62. The first kappa shape index (κ1) is 14.1. The molecular formula is C13H21BrN2O2. The van der Waals surface area contributed by atoms with E-state index in [1.54, 1.807) is 6.26 Å². The van der Waals surface area contributed by atoms with Crippen molar-refractivity contribution >= 4 is 15.9 Å². The second-order valence-corrected chi connectivity index (χ2v) is 6.79. The largest absolute Gasteiger partial charge is 0.457 e. The minimum atomic E-state index is -0.225. The molecule has 0 spiro atoms. The molecule has 2 rings (SSSR count). The monoisotopic (exact) mass is 316 g/mol. The number of ether oxygens (including phenoxy) is 1. The third kappa shape index (κ3) is 2.50. The van der Waals surface area contributed by atoms with Crippen LogP contribution in [0.1, 0.15) is 45.7 Å². The molecule has 1 aromatic heterocycles. The van der Waals surface area contributed by atoms with Crippen LogP contribution in [0.15, 0.2) is 21.4 Å². The molecule has 1 aromatic rings. The van der Waals surface area contributed by atoms with E-state index in [1.807, 2.05) is 6.07 Å². The summed E-state index contributed by atoms with van der Waals surface area (Å²) in [5.74, 6) is 6.04. The van der Waals surface area contributed by atoms with E-state index in [-0.39, 0.29) is 23.2 Å². The fourth-order valence-electron chi connectivity index (χ4n) is 3.07. The lowest BCUT2D eigenvalue weighted by molar-refractivity contribution is -0.0779. The smallest absolute Gasteiger partial charge is 0.173 e. The van der Waals surface area contributed by atoms with Gasteiger partial charge in [-0.15, -0.1) is 0 Å². The maximum absolute atomic E-state index is 6.13. The third-order valence-corrected chi connectivity index (χ3v) is 4.35. The van der Waals surface area contributed by atoms with E-state index in [0.717, 1.165) is 16.7 Å². The highest BCUT2D eigenvalue weighted by Gasteiger charge is 2.49. The zero-order valence-electron chi connectivity index (χ0n) is 11.3. The van der Waals surface area contributed by atoms with Crippen LogP contribution in [0.2, 0.25) is 0 Å². The third-order valence-electron chi connectivity index (χ3n) is 3.71. The van der Waals surface area contributed by atoms with E-state index in [1.165, 1.54) is 0 Å². The van der Waals surface area contributed by atoms with Crippen molar-refractivity contribution < 1.29 is 9.15 Å². The average molecular weight is 317 g/mol. The van der Waals surface area contributed by atoms with Crippen molar-refractivity contribution in [2.75, 3.05) is 0 Å². The van der Waals surface area contributed by atoms with Gasteiger partial charge in [0.2, 0.25) is 0 Å². The minimum absolute atomic E-state index is 0.00917. The molecule has 5 heteroatoms. The first-order valence-electron chi connectivity index (χ1n) is 6.16. The summed E-state index contributed by atoms with van der Waals surface area (Å²) < 4.78 is 12.2. The summed E-state index contributed by atoms with van der Waals surface area (Å²) in [6.45, 7) is 8.47. The Hall–Kier alpha value is -0.360. The number of hydrazine groups is 1. The Morgan fingerprint density at radius 1 is 1.44 bits per heavy atom. The van der Waals surface area contributed by atoms with Gasteiger partial charge in [-0.3, -0.25) is 11.3 Å². The van der Waals surface area contributed by atoms with Crippen molar-refractivity contribution in [3.05, 3.63) is 22.6 Å². The molecular weight excluding hydrogens is 296 g/mol. The molecule has 18 heavy (non-hydrogen) atoms. The summed E-state index contributed by atoms with van der Waals surface area (Å²) in [5.41, 5.74) is 3.60. The van der Waals surface area contributed by atoms with Crippen molar-refractivity contribution in [3.8, 4) is 0 Å². The highest BCUT2D eigenvalue weighted by Crippen LogP contribution is 2.48. The lowest BCUT2D eigenvalue weighted by atomic mass is 9.80. The Kier molecular flexibility index (Phi) is 3.62. The van der Waals surface area contributed by atoms with Crippen LogP contribution in [0.5, 0.6) is 0 Å². The molecule has 1 aliphatic rings. The van der Waals surface area contributed by atoms with Crippen LogP contribution in [0.3, 0.4) is 0 Å². The van der Waals surface area contributed by atoms with Crippen molar-refractivity contribution in [1.82, 2.24) is 5.43 Å².